The number of benzene rings is 1. The highest BCUT2D eigenvalue weighted by molar-refractivity contribution is 5.90. The standard InChI is InChI=1S/C17H19F3N2O3/c1-3-14(23)22-9-8-16(25,10-22)15(24)21-11(2)12-6-4-5-7-13(12)17(18,19)20/h3-7,11,25H,1,8-10H2,2H3,(H,21,24). The molecule has 2 atom stereocenters. The number of carbonyl (C=O) groups excluding carboxylic acids is 2. The van der Waals surface area contributed by atoms with Gasteiger partial charge in [0.2, 0.25) is 5.91 Å². The van der Waals surface area contributed by atoms with E-state index in [4.69, 9.17) is 0 Å². The molecule has 0 bridgehead atoms. The largest absolute Gasteiger partial charge is 0.416 e. The summed E-state index contributed by atoms with van der Waals surface area (Å²) in [6, 6.07) is 3.97. The molecule has 2 rings (SSSR count). The summed E-state index contributed by atoms with van der Waals surface area (Å²) in [7, 11) is 0. The molecule has 8 heteroatoms. The van der Waals surface area contributed by atoms with Crippen LogP contribution in [0.3, 0.4) is 0 Å². The molecule has 1 fully saturated rings. The highest BCUT2D eigenvalue weighted by Gasteiger charge is 2.44. The number of aliphatic hydroxyl groups is 1. The Morgan fingerprint density at radius 1 is 1.40 bits per heavy atom. The molecule has 2 amide bonds. The molecule has 0 radical (unpaired) electrons. The number of β-amino-alcohol motifs (C(OH)–C–C–N with tert-alkyl or cyclic N) is 1. The van der Waals surface area contributed by atoms with Crippen LogP contribution >= 0.6 is 0 Å². The van der Waals surface area contributed by atoms with E-state index in [1.165, 1.54) is 30.0 Å². The van der Waals surface area contributed by atoms with Crippen LogP contribution in [0.5, 0.6) is 0 Å². The van der Waals surface area contributed by atoms with Crippen molar-refractivity contribution in [3.8, 4) is 0 Å². The summed E-state index contributed by atoms with van der Waals surface area (Å²) < 4.78 is 39.3. The Balaban J connectivity index is 2.14. The molecule has 1 aliphatic rings. The lowest BCUT2D eigenvalue weighted by Crippen LogP contribution is -2.49. The molecule has 1 heterocycles. The molecular weight excluding hydrogens is 337 g/mol. The van der Waals surface area contributed by atoms with Gasteiger partial charge in [0.15, 0.2) is 5.60 Å². The number of rotatable bonds is 4. The smallest absolute Gasteiger partial charge is 0.378 e. The lowest BCUT2D eigenvalue weighted by atomic mass is 9.98. The first kappa shape index (κ1) is 19.0. The van der Waals surface area contributed by atoms with Gasteiger partial charge >= 0.3 is 6.18 Å². The van der Waals surface area contributed by atoms with E-state index in [2.05, 4.69) is 11.9 Å². The summed E-state index contributed by atoms with van der Waals surface area (Å²) in [6.07, 6.45) is -3.47. The first-order valence-electron chi connectivity index (χ1n) is 7.69. The van der Waals surface area contributed by atoms with Crippen LogP contribution in [0.15, 0.2) is 36.9 Å². The van der Waals surface area contributed by atoms with Crippen LogP contribution in [0.25, 0.3) is 0 Å². The van der Waals surface area contributed by atoms with E-state index >= 15 is 0 Å². The van der Waals surface area contributed by atoms with Gasteiger partial charge in [-0.2, -0.15) is 13.2 Å². The number of nitrogens with one attached hydrogen (secondary N) is 1. The number of halogens is 3. The first-order valence-corrected chi connectivity index (χ1v) is 7.69. The second kappa shape index (κ2) is 6.87. The number of likely N-dealkylation sites (tertiary alicyclic amines) is 1. The molecule has 5 nitrogen and oxygen atoms in total. The van der Waals surface area contributed by atoms with Crippen molar-refractivity contribution in [3.63, 3.8) is 0 Å². The maximum atomic E-state index is 13.1. The van der Waals surface area contributed by atoms with Crippen LogP contribution in [0.1, 0.15) is 30.5 Å². The summed E-state index contributed by atoms with van der Waals surface area (Å²) >= 11 is 0. The van der Waals surface area contributed by atoms with Crippen LogP contribution < -0.4 is 5.32 Å². The maximum absolute atomic E-state index is 13.1. The van der Waals surface area contributed by atoms with E-state index in [9.17, 15) is 27.9 Å². The average Bonchev–Trinajstić information content (AvgIpc) is 2.97. The van der Waals surface area contributed by atoms with Crippen molar-refractivity contribution in [3.05, 3.63) is 48.0 Å². The van der Waals surface area contributed by atoms with Crippen molar-refractivity contribution < 1.29 is 27.9 Å². The molecule has 1 saturated heterocycles. The average molecular weight is 356 g/mol. The van der Waals surface area contributed by atoms with Gasteiger partial charge in [-0.05, 0) is 24.6 Å². The predicted molar refractivity (Wildman–Crippen MR) is 84.3 cm³/mol. The summed E-state index contributed by atoms with van der Waals surface area (Å²) in [4.78, 5) is 25.2. The predicted octanol–water partition coefficient (Wildman–Crippen LogP) is 2.03. The second-order valence-corrected chi connectivity index (χ2v) is 6.03. The van der Waals surface area contributed by atoms with Gasteiger partial charge in [-0.3, -0.25) is 9.59 Å². The first-order chi connectivity index (χ1) is 11.6. The summed E-state index contributed by atoms with van der Waals surface area (Å²) in [5.74, 6) is -1.23. The maximum Gasteiger partial charge on any atom is 0.416 e. The molecule has 2 N–H and O–H groups in total. The number of carbonyl (C=O) groups is 2. The number of hydrogen-bond donors (Lipinski definition) is 2. The fourth-order valence-corrected chi connectivity index (χ4v) is 2.84. The van der Waals surface area contributed by atoms with Crippen LogP contribution in [0.4, 0.5) is 13.2 Å². The lowest BCUT2D eigenvalue weighted by molar-refractivity contribution is -0.142. The van der Waals surface area contributed by atoms with Crippen molar-refractivity contribution >= 4 is 11.8 Å². The van der Waals surface area contributed by atoms with Crippen molar-refractivity contribution in [2.45, 2.75) is 31.2 Å². The van der Waals surface area contributed by atoms with Gasteiger partial charge in [0.05, 0.1) is 18.2 Å². The molecule has 0 spiro atoms. The second-order valence-electron chi connectivity index (χ2n) is 6.03. The molecule has 0 saturated carbocycles. The zero-order chi connectivity index (χ0) is 18.8. The normalized spacial score (nSPS) is 21.7. The highest BCUT2D eigenvalue weighted by Crippen LogP contribution is 2.34. The van der Waals surface area contributed by atoms with Crippen LogP contribution in [-0.2, 0) is 15.8 Å². The number of nitrogens with zero attached hydrogens (tertiary/aromatic N) is 1. The Kier molecular flexibility index (Phi) is 5.22. The van der Waals surface area contributed by atoms with Crippen LogP contribution in [-0.4, -0.2) is 40.5 Å². The Bertz CT molecular complexity index is 690. The highest BCUT2D eigenvalue weighted by atomic mass is 19.4. The Hall–Kier alpha value is -2.35. The van der Waals surface area contributed by atoms with Crippen molar-refractivity contribution in [2.24, 2.45) is 0 Å². The number of hydrogen-bond acceptors (Lipinski definition) is 3. The zero-order valence-electron chi connectivity index (χ0n) is 13.6. The van der Waals surface area contributed by atoms with Gasteiger partial charge in [-0.25, -0.2) is 0 Å². The van der Waals surface area contributed by atoms with Crippen molar-refractivity contribution in [1.29, 1.82) is 0 Å². The van der Waals surface area contributed by atoms with Gasteiger partial charge in [-0.15, -0.1) is 0 Å². The third kappa shape index (κ3) is 4.01. The molecule has 2 unspecified atom stereocenters. The van der Waals surface area contributed by atoms with Crippen molar-refractivity contribution in [1.82, 2.24) is 10.2 Å². The van der Waals surface area contributed by atoms with Crippen molar-refractivity contribution in [2.75, 3.05) is 13.1 Å². The molecular formula is C17H19F3N2O3. The van der Waals surface area contributed by atoms with E-state index in [0.29, 0.717) is 0 Å². The number of amides is 2. The fourth-order valence-electron chi connectivity index (χ4n) is 2.84. The van der Waals surface area contributed by atoms with Gasteiger partial charge < -0.3 is 15.3 Å². The van der Waals surface area contributed by atoms with Gasteiger partial charge in [0.1, 0.15) is 0 Å². The Morgan fingerprint density at radius 2 is 2.04 bits per heavy atom. The molecule has 25 heavy (non-hydrogen) atoms. The molecule has 1 aromatic carbocycles. The summed E-state index contributed by atoms with van der Waals surface area (Å²) in [6.45, 7) is 4.69. The van der Waals surface area contributed by atoms with E-state index in [1.54, 1.807) is 0 Å². The van der Waals surface area contributed by atoms with E-state index < -0.39 is 35.2 Å². The van der Waals surface area contributed by atoms with Gasteiger partial charge in [0, 0.05) is 13.0 Å². The molecule has 1 aliphatic heterocycles. The topological polar surface area (TPSA) is 69.6 Å². The quantitative estimate of drug-likeness (QED) is 0.811. The fraction of sp³-hybridized carbons (Fsp3) is 0.412. The van der Waals surface area contributed by atoms with Crippen LogP contribution in [0.2, 0.25) is 0 Å². The van der Waals surface area contributed by atoms with E-state index in [1.807, 2.05) is 0 Å². The minimum absolute atomic E-state index is 0.00600. The molecule has 136 valence electrons. The van der Waals surface area contributed by atoms with Crippen LogP contribution in [0, 0.1) is 0 Å². The molecule has 0 aliphatic carbocycles. The Morgan fingerprint density at radius 3 is 2.64 bits per heavy atom. The van der Waals surface area contributed by atoms with Gasteiger partial charge in [0.25, 0.3) is 5.91 Å². The minimum Gasteiger partial charge on any atom is -0.378 e. The van der Waals surface area contributed by atoms with E-state index in [0.717, 1.165) is 12.1 Å². The lowest BCUT2D eigenvalue weighted by Gasteiger charge is -2.26. The third-order valence-corrected chi connectivity index (χ3v) is 4.24. The molecule has 1 aromatic rings. The third-order valence-electron chi connectivity index (χ3n) is 4.24. The molecule has 0 aromatic heterocycles. The van der Waals surface area contributed by atoms with Gasteiger partial charge in [-0.1, -0.05) is 24.8 Å². The summed E-state index contributed by atoms with van der Waals surface area (Å²) in [5.41, 5.74) is -2.77. The number of alkyl halides is 3. The SMILES string of the molecule is C=CC(=O)N1CCC(O)(C(=O)NC(C)c2ccccc2C(F)(F)F)C1. The monoisotopic (exact) mass is 356 g/mol. The van der Waals surface area contributed by atoms with E-state index in [-0.39, 0.29) is 25.1 Å². The summed E-state index contributed by atoms with van der Waals surface area (Å²) in [5, 5.41) is 12.9. The minimum atomic E-state index is -4.55. The Labute approximate surface area is 143 Å². The zero-order valence-corrected chi connectivity index (χ0v) is 13.6.